The molecule has 324 valence electrons. The van der Waals surface area contributed by atoms with E-state index < -0.39 is 36.8 Å². The number of benzene rings is 3. The highest BCUT2D eigenvalue weighted by Crippen LogP contribution is 2.45. The van der Waals surface area contributed by atoms with E-state index in [4.69, 9.17) is 38.4 Å². The van der Waals surface area contributed by atoms with Crippen LogP contribution in [0.3, 0.4) is 0 Å². The lowest BCUT2D eigenvalue weighted by Crippen LogP contribution is -2.57. The second kappa shape index (κ2) is 17.9. The van der Waals surface area contributed by atoms with Gasteiger partial charge in [-0.05, 0) is 96.8 Å². The van der Waals surface area contributed by atoms with E-state index in [1.807, 2.05) is 11.8 Å². The third-order valence-corrected chi connectivity index (χ3v) is 12.7. The highest BCUT2D eigenvalue weighted by Gasteiger charge is 2.41. The van der Waals surface area contributed by atoms with Crippen LogP contribution in [0.25, 0.3) is 33.2 Å². The Morgan fingerprint density at radius 2 is 1.54 bits per heavy atom. The Morgan fingerprint density at radius 3 is 2.26 bits per heavy atom. The SMILES string of the molecule is COC(=O)N[C@H](C(=O)N1CCC[C@H]1c1ncc(-c2ccc3c(c2)COc2cc4c5c(ccc4cc2-3)N=C([C@@H]2CCCN2C(=O)C(NC(OC)OC)[C@@H](C)OC)C5)[nH]1)[C@@H](C)OC. The second-order valence-electron chi connectivity index (χ2n) is 16.1. The van der Waals surface area contributed by atoms with Crippen LogP contribution in [0, 0.1) is 0 Å². The summed E-state index contributed by atoms with van der Waals surface area (Å²) in [4.78, 5) is 56.9. The van der Waals surface area contributed by atoms with Crippen molar-refractivity contribution in [1.29, 1.82) is 0 Å². The molecule has 4 aromatic rings. The Morgan fingerprint density at radius 1 is 0.836 bits per heavy atom. The topological polar surface area (TPSA) is 178 Å². The van der Waals surface area contributed by atoms with Gasteiger partial charge in [0.2, 0.25) is 18.2 Å². The number of imidazole rings is 1. The average Bonchev–Trinajstić information content (AvgIpc) is 4.13. The van der Waals surface area contributed by atoms with Gasteiger partial charge in [0, 0.05) is 59.2 Å². The molecular formula is C45H55N7O9. The lowest BCUT2D eigenvalue weighted by Gasteiger charge is -2.33. The first-order chi connectivity index (χ1) is 29.6. The number of rotatable bonds is 14. The van der Waals surface area contributed by atoms with Crippen molar-refractivity contribution in [3.05, 3.63) is 65.6 Å². The smallest absolute Gasteiger partial charge is 0.407 e. The Bertz CT molecular complexity index is 2330. The van der Waals surface area contributed by atoms with Crippen molar-refractivity contribution in [2.24, 2.45) is 4.99 Å². The molecule has 1 unspecified atom stereocenters. The highest BCUT2D eigenvalue weighted by atomic mass is 16.7. The molecule has 8 rings (SSSR count). The van der Waals surface area contributed by atoms with E-state index >= 15 is 0 Å². The van der Waals surface area contributed by atoms with Gasteiger partial charge in [-0.25, -0.2) is 9.78 Å². The number of H-pyrrole nitrogens is 1. The van der Waals surface area contributed by atoms with E-state index in [0.717, 1.165) is 87.1 Å². The maximum absolute atomic E-state index is 14.1. The summed E-state index contributed by atoms with van der Waals surface area (Å²) in [6.07, 6.45) is 3.29. The van der Waals surface area contributed by atoms with Crippen molar-refractivity contribution in [2.75, 3.05) is 48.6 Å². The Hall–Kier alpha value is -5.39. The van der Waals surface area contributed by atoms with Crippen molar-refractivity contribution < 1.29 is 42.8 Å². The lowest BCUT2D eigenvalue weighted by atomic mass is 9.91. The van der Waals surface area contributed by atoms with Crippen molar-refractivity contribution in [3.8, 4) is 28.1 Å². The summed E-state index contributed by atoms with van der Waals surface area (Å²) in [5, 5.41) is 7.99. The molecule has 0 aliphatic carbocycles. The number of nitrogens with zero attached hydrogens (tertiary/aromatic N) is 4. The predicted molar refractivity (Wildman–Crippen MR) is 228 cm³/mol. The molecule has 5 heterocycles. The summed E-state index contributed by atoms with van der Waals surface area (Å²) >= 11 is 0. The molecule has 4 aliphatic rings. The molecule has 2 saturated heterocycles. The number of carbonyl (C=O) groups is 3. The fourth-order valence-electron chi connectivity index (χ4n) is 9.22. The second-order valence-corrected chi connectivity index (χ2v) is 16.1. The molecule has 4 aliphatic heterocycles. The summed E-state index contributed by atoms with van der Waals surface area (Å²) in [7, 11) is 7.41. The van der Waals surface area contributed by atoms with E-state index in [1.54, 1.807) is 25.1 Å². The third-order valence-electron chi connectivity index (χ3n) is 12.7. The minimum atomic E-state index is -0.904. The van der Waals surface area contributed by atoms with Gasteiger partial charge in [0.1, 0.15) is 30.3 Å². The molecule has 0 spiro atoms. The molecule has 3 aromatic carbocycles. The molecule has 6 atom stereocenters. The number of aromatic amines is 1. The largest absolute Gasteiger partial charge is 0.488 e. The Kier molecular flexibility index (Phi) is 12.4. The van der Waals surface area contributed by atoms with Gasteiger partial charge in [-0.1, -0.05) is 18.2 Å². The lowest BCUT2D eigenvalue weighted by molar-refractivity contribution is -0.154. The Balaban J connectivity index is 0.994. The highest BCUT2D eigenvalue weighted by molar-refractivity contribution is 6.06. The maximum Gasteiger partial charge on any atom is 0.407 e. The van der Waals surface area contributed by atoms with E-state index in [-0.39, 0.29) is 23.9 Å². The molecule has 3 N–H and O–H groups in total. The van der Waals surface area contributed by atoms with Crippen molar-refractivity contribution >= 4 is 40.1 Å². The summed E-state index contributed by atoms with van der Waals surface area (Å²) in [6.45, 7) is 5.17. The number of hydrogen-bond donors (Lipinski definition) is 3. The number of likely N-dealkylation sites (tertiary alicyclic amines) is 2. The fraction of sp³-hybridized carbons (Fsp3) is 0.489. The summed E-state index contributed by atoms with van der Waals surface area (Å²) in [5.74, 6) is 1.19. The number of hydrogen-bond acceptors (Lipinski definition) is 12. The molecule has 0 saturated carbocycles. The number of aromatic nitrogens is 2. The number of aliphatic imine (C=N–C) groups is 1. The number of ether oxygens (including phenoxy) is 6. The molecule has 0 radical (unpaired) electrons. The molecule has 2 fully saturated rings. The van der Waals surface area contributed by atoms with Crippen LogP contribution in [0.1, 0.15) is 62.5 Å². The molecule has 16 nitrogen and oxygen atoms in total. The zero-order chi connectivity index (χ0) is 42.9. The first kappa shape index (κ1) is 42.3. The summed E-state index contributed by atoms with van der Waals surface area (Å²) in [5.41, 5.74) is 8.01. The van der Waals surface area contributed by atoms with Crippen LogP contribution < -0.4 is 15.4 Å². The molecule has 16 heteroatoms. The number of fused-ring (bicyclic) bond motifs is 6. The van der Waals surface area contributed by atoms with E-state index in [9.17, 15) is 14.4 Å². The van der Waals surface area contributed by atoms with Crippen LogP contribution in [-0.2, 0) is 46.3 Å². The van der Waals surface area contributed by atoms with Gasteiger partial charge in [-0.15, -0.1) is 0 Å². The first-order valence-electron chi connectivity index (χ1n) is 20.9. The van der Waals surface area contributed by atoms with Gasteiger partial charge >= 0.3 is 6.09 Å². The van der Waals surface area contributed by atoms with Crippen LogP contribution in [-0.4, -0.2) is 129 Å². The van der Waals surface area contributed by atoms with Crippen molar-refractivity contribution in [1.82, 2.24) is 30.4 Å². The van der Waals surface area contributed by atoms with Crippen LogP contribution in [0.4, 0.5) is 10.5 Å². The zero-order valence-electron chi connectivity index (χ0n) is 35.8. The minimum absolute atomic E-state index is 0.0679. The van der Waals surface area contributed by atoms with Crippen molar-refractivity contribution in [2.45, 2.75) is 95.3 Å². The quantitative estimate of drug-likeness (QED) is 0.139. The first-order valence-corrected chi connectivity index (χ1v) is 20.9. The normalized spacial score (nSPS) is 20.1. The van der Waals surface area contributed by atoms with Crippen molar-refractivity contribution in [3.63, 3.8) is 0 Å². The molecular weight excluding hydrogens is 783 g/mol. The minimum Gasteiger partial charge on any atom is -0.488 e. The Labute approximate surface area is 355 Å². The van der Waals surface area contributed by atoms with E-state index in [1.165, 1.54) is 28.4 Å². The van der Waals surface area contributed by atoms with Crippen LogP contribution >= 0.6 is 0 Å². The van der Waals surface area contributed by atoms with Gasteiger partial charge in [0.25, 0.3) is 0 Å². The number of amides is 3. The molecule has 0 bridgehead atoms. The third kappa shape index (κ3) is 8.10. The fourth-order valence-corrected chi connectivity index (χ4v) is 9.22. The molecule has 1 aromatic heterocycles. The number of methoxy groups -OCH3 is 5. The van der Waals surface area contributed by atoms with Gasteiger partial charge in [0.05, 0.1) is 49.0 Å². The monoisotopic (exact) mass is 837 g/mol. The number of alkyl carbamates (subject to hydrolysis) is 1. The number of carbonyl (C=O) groups excluding carboxylic acids is 3. The van der Waals surface area contributed by atoms with Crippen LogP contribution in [0.5, 0.6) is 5.75 Å². The van der Waals surface area contributed by atoms with E-state index in [2.05, 4.69) is 58.1 Å². The maximum atomic E-state index is 14.1. The van der Waals surface area contributed by atoms with Gasteiger partial charge < -0.3 is 48.5 Å². The number of nitrogens with one attached hydrogen (secondary N) is 3. The van der Waals surface area contributed by atoms with Gasteiger partial charge in [0.15, 0.2) is 0 Å². The van der Waals surface area contributed by atoms with E-state index in [0.29, 0.717) is 31.9 Å². The zero-order valence-corrected chi connectivity index (χ0v) is 35.8. The average molecular weight is 838 g/mol. The van der Waals surface area contributed by atoms with Gasteiger partial charge in [-0.3, -0.25) is 19.9 Å². The van der Waals surface area contributed by atoms with Crippen LogP contribution in [0.2, 0.25) is 0 Å². The molecule has 3 amide bonds. The van der Waals surface area contributed by atoms with Crippen LogP contribution in [0.15, 0.2) is 53.7 Å². The summed E-state index contributed by atoms with van der Waals surface area (Å²) < 4.78 is 33.0. The summed E-state index contributed by atoms with van der Waals surface area (Å²) in [6, 6.07) is 12.9. The standard InChI is InChI=1S/C45H55N7O9/c1-24(56-3)39(49-44(55)58-5)42(53)52-17-9-11-37(52)41-46-22-35(48-41)27-12-14-29-28(18-27)23-61-38-21-30-26(19-32(29)38)13-15-33-31(30)20-34(47-33)36-10-8-16-51(36)43(54)40(25(2)57-4)50-45(59-6)60-7/h12-15,18-19,21-22,24-25,36-37,39-40,45,50H,8-11,16-17,20,23H2,1-7H3,(H,46,48)(H,49,55)/t24-,25-,36+,37+,39+,40?/m1/s1. The molecule has 61 heavy (non-hydrogen) atoms. The predicted octanol–water partition coefficient (Wildman–Crippen LogP) is 5.40. The van der Waals surface area contributed by atoms with Gasteiger partial charge in [-0.2, -0.15) is 0 Å².